The Kier molecular flexibility index (Phi) is 4.57. The summed E-state index contributed by atoms with van der Waals surface area (Å²) in [5, 5.41) is 7.65. The van der Waals surface area contributed by atoms with Gasteiger partial charge >= 0.3 is 11.8 Å². The van der Waals surface area contributed by atoms with Crippen molar-refractivity contribution in [3.8, 4) is 17.3 Å². The Morgan fingerprint density at radius 2 is 2.00 bits per heavy atom. The van der Waals surface area contributed by atoms with Gasteiger partial charge in [-0.2, -0.15) is 4.98 Å². The number of methoxy groups -OCH3 is 1. The molecule has 7 nitrogen and oxygen atoms in total. The number of fused-ring (bicyclic) bond motifs is 1. The molecule has 0 radical (unpaired) electrons. The zero-order valence-electron chi connectivity index (χ0n) is 15.8. The van der Waals surface area contributed by atoms with Gasteiger partial charge in [0.05, 0.1) is 7.11 Å². The molecule has 0 aliphatic heterocycles. The van der Waals surface area contributed by atoms with E-state index in [2.05, 4.69) is 15.5 Å². The van der Waals surface area contributed by atoms with Crippen molar-refractivity contribution in [1.29, 1.82) is 0 Å². The third-order valence-electron chi connectivity index (χ3n) is 4.55. The quantitative estimate of drug-likeness (QED) is 0.564. The van der Waals surface area contributed by atoms with Gasteiger partial charge in [0, 0.05) is 23.1 Å². The second-order valence-electron chi connectivity index (χ2n) is 6.47. The van der Waals surface area contributed by atoms with Crippen LogP contribution >= 0.6 is 0 Å². The summed E-state index contributed by atoms with van der Waals surface area (Å²) in [7, 11) is 1.59. The number of carbonyl (C=O) groups excluding carboxylic acids is 1. The second-order valence-corrected chi connectivity index (χ2v) is 6.47. The number of hydrogen-bond acceptors (Lipinski definition) is 6. The number of nitrogens with zero attached hydrogens (tertiary/aromatic N) is 2. The molecular weight excluding hydrogens is 358 g/mol. The first-order valence-corrected chi connectivity index (χ1v) is 8.80. The van der Waals surface area contributed by atoms with E-state index in [4.69, 9.17) is 13.7 Å². The molecule has 28 heavy (non-hydrogen) atoms. The molecule has 2 aromatic heterocycles. The largest absolute Gasteiger partial charge is 0.496 e. The summed E-state index contributed by atoms with van der Waals surface area (Å²) >= 11 is 0. The monoisotopic (exact) mass is 377 g/mol. The minimum Gasteiger partial charge on any atom is -0.496 e. The predicted octanol–water partition coefficient (Wildman–Crippen LogP) is 4.04. The van der Waals surface area contributed by atoms with Gasteiger partial charge < -0.3 is 19.0 Å². The summed E-state index contributed by atoms with van der Waals surface area (Å²) in [5.41, 5.74) is 3.62. The van der Waals surface area contributed by atoms with Gasteiger partial charge in [0.2, 0.25) is 5.82 Å². The van der Waals surface area contributed by atoms with E-state index in [0.29, 0.717) is 11.5 Å². The van der Waals surface area contributed by atoms with Crippen molar-refractivity contribution in [2.24, 2.45) is 0 Å². The molecule has 2 aromatic carbocycles. The molecule has 2 heterocycles. The van der Waals surface area contributed by atoms with E-state index in [9.17, 15) is 4.79 Å². The fraction of sp³-hybridized carbons (Fsp3) is 0.190. The van der Waals surface area contributed by atoms with Crippen LogP contribution in [0.1, 0.15) is 27.4 Å². The summed E-state index contributed by atoms with van der Waals surface area (Å²) < 4.78 is 16.3. The molecule has 7 heteroatoms. The van der Waals surface area contributed by atoms with Crippen LogP contribution in [-0.2, 0) is 6.54 Å². The maximum absolute atomic E-state index is 12.4. The average Bonchev–Trinajstić information content (AvgIpc) is 3.31. The molecule has 0 fully saturated rings. The van der Waals surface area contributed by atoms with Crippen molar-refractivity contribution >= 4 is 16.9 Å². The molecule has 0 atom stereocenters. The van der Waals surface area contributed by atoms with Crippen molar-refractivity contribution in [2.45, 2.75) is 20.4 Å². The summed E-state index contributed by atoms with van der Waals surface area (Å²) in [5.74, 6) is 0.847. The Morgan fingerprint density at radius 1 is 1.18 bits per heavy atom. The molecule has 0 saturated heterocycles. The van der Waals surface area contributed by atoms with E-state index in [1.165, 1.54) is 0 Å². The lowest BCUT2D eigenvalue weighted by Crippen LogP contribution is -2.23. The standard InChI is InChI=1S/C21H19N3O4/c1-12-8-9-17-15(10-12)13(2)18(27-17)19-23-21(28-24-19)20(25)22-11-14-6-4-5-7-16(14)26-3/h4-10H,11H2,1-3H3,(H,22,25). The SMILES string of the molecule is COc1ccccc1CNC(=O)c1nc(-c2oc3ccc(C)cc3c2C)no1. The van der Waals surface area contributed by atoms with E-state index in [-0.39, 0.29) is 18.3 Å². The number of amides is 1. The number of benzene rings is 2. The lowest BCUT2D eigenvalue weighted by Gasteiger charge is -2.07. The maximum Gasteiger partial charge on any atom is 0.316 e. The van der Waals surface area contributed by atoms with Crippen molar-refractivity contribution in [1.82, 2.24) is 15.5 Å². The summed E-state index contributed by atoms with van der Waals surface area (Å²) in [6, 6.07) is 13.4. The topological polar surface area (TPSA) is 90.4 Å². The number of aromatic nitrogens is 2. The molecule has 0 bridgehead atoms. The van der Waals surface area contributed by atoms with E-state index in [1.807, 2.05) is 56.3 Å². The highest BCUT2D eigenvalue weighted by Gasteiger charge is 2.21. The highest BCUT2D eigenvalue weighted by molar-refractivity contribution is 5.90. The number of nitrogens with one attached hydrogen (secondary N) is 1. The van der Waals surface area contributed by atoms with Crippen LogP contribution in [0.15, 0.2) is 51.4 Å². The van der Waals surface area contributed by atoms with Gasteiger partial charge in [-0.05, 0) is 32.0 Å². The Labute approximate surface area is 161 Å². The fourth-order valence-corrected chi connectivity index (χ4v) is 3.06. The molecule has 1 N–H and O–H groups in total. The van der Waals surface area contributed by atoms with Gasteiger partial charge in [-0.25, -0.2) is 0 Å². The van der Waals surface area contributed by atoms with Crippen molar-refractivity contribution in [3.05, 3.63) is 65.0 Å². The van der Waals surface area contributed by atoms with Gasteiger partial charge in [-0.3, -0.25) is 4.79 Å². The van der Waals surface area contributed by atoms with E-state index >= 15 is 0 Å². The molecule has 4 rings (SSSR count). The Hall–Kier alpha value is -3.61. The van der Waals surface area contributed by atoms with Gasteiger partial charge in [0.1, 0.15) is 11.3 Å². The Morgan fingerprint density at radius 3 is 2.82 bits per heavy atom. The smallest absolute Gasteiger partial charge is 0.316 e. The third-order valence-corrected chi connectivity index (χ3v) is 4.55. The van der Waals surface area contributed by atoms with Crippen LogP contribution in [0, 0.1) is 13.8 Å². The number of aryl methyl sites for hydroxylation is 2. The Balaban J connectivity index is 1.54. The Bertz CT molecular complexity index is 1160. The highest BCUT2D eigenvalue weighted by atomic mass is 16.5. The number of rotatable bonds is 5. The third kappa shape index (κ3) is 3.22. The van der Waals surface area contributed by atoms with E-state index < -0.39 is 5.91 Å². The average molecular weight is 377 g/mol. The van der Waals surface area contributed by atoms with Crippen LogP contribution in [0.2, 0.25) is 0 Å². The summed E-state index contributed by atoms with van der Waals surface area (Å²) in [4.78, 5) is 16.6. The normalized spacial score (nSPS) is 11.0. The predicted molar refractivity (Wildman–Crippen MR) is 103 cm³/mol. The summed E-state index contributed by atoms with van der Waals surface area (Å²) in [6.07, 6.45) is 0. The number of furan rings is 1. The number of carbonyl (C=O) groups is 1. The second kappa shape index (κ2) is 7.19. The number of hydrogen-bond donors (Lipinski definition) is 1. The molecule has 0 aliphatic carbocycles. The molecule has 0 aliphatic rings. The minimum atomic E-state index is -0.464. The van der Waals surface area contributed by atoms with Gasteiger partial charge in [-0.15, -0.1) is 0 Å². The molecule has 4 aromatic rings. The van der Waals surface area contributed by atoms with Crippen LogP contribution in [-0.4, -0.2) is 23.2 Å². The lowest BCUT2D eigenvalue weighted by atomic mass is 10.1. The van der Waals surface area contributed by atoms with Gasteiger partial charge in [0.25, 0.3) is 0 Å². The maximum atomic E-state index is 12.4. The first-order valence-electron chi connectivity index (χ1n) is 8.80. The molecule has 0 unspecified atom stereocenters. The first-order chi connectivity index (χ1) is 13.6. The van der Waals surface area contributed by atoms with Crippen LogP contribution < -0.4 is 10.1 Å². The zero-order chi connectivity index (χ0) is 19.7. The zero-order valence-corrected chi connectivity index (χ0v) is 15.8. The van der Waals surface area contributed by atoms with Crippen molar-refractivity contribution in [2.75, 3.05) is 7.11 Å². The van der Waals surface area contributed by atoms with E-state index in [0.717, 1.165) is 27.7 Å². The molecule has 1 amide bonds. The fourth-order valence-electron chi connectivity index (χ4n) is 3.06. The molecule has 0 saturated carbocycles. The molecule has 0 spiro atoms. The minimum absolute atomic E-state index is 0.124. The van der Waals surface area contributed by atoms with Crippen LogP contribution in [0.5, 0.6) is 5.75 Å². The highest BCUT2D eigenvalue weighted by Crippen LogP contribution is 2.32. The lowest BCUT2D eigenvalue weighted by molar-refractivity contribution is 0.0906. The van der Waals surface area contributed by atoms with E-state index in [1.54, 1.807) is 7.11 Å². The van der Waals surface area contributed by atoms with Crippen molar-refractivity contribution < 1.29 is 18.5 Å². The summed E-state index contributed by atoms with van der Waals surface area (Å²) in [6.45, 7) is 4.23. The number of ether oxygens (including phenoxy) is 1. The van der Waals surface area contributed by atoms with Crippen LogP contribution in [0.4, 0.5) is 0 Å². The number of para-hydroxylation sites is 1. The van der Waals surface area contributed by atoms with Gasteiger partial charge in [-0.1, -0.05) is 35.0 Å². The first kappa shape index (κ1) is 17.8. The van der Waals surface area contributed by atoms with Crippen molar-refractivity contribution in [3.63, 3.8) is 0 Å². The molecule has 142 valence electrons. The molecular formula is C21H19N3O4. The van der Waals surface area contributed by atoms with Gasteiger partial charge in [0.15, 0.2) is 5.76 Å². The van der Waals surface area contributed by atoms with Crippen LogP contribution in [0.3, 0.4) is 0 Å². The van der Waals surface area contributed by atoms with Crippen LogP contribution in [0.25, 0.3) is 22.6 Å².